The molecule has 0 aliphatic rings. The first kappa shape index (κ1) is 13.6. The summed E-state index contributed by atoms with van der Waals surface area (Å²) in [5.41, 5.74) is 1.55. The van der Waals surface area contributed by atoms with Crippen LogP contribution in [0.3, 0.4) is 0 Å². The van der Waals surface area contributed by atoms with E-state index in [9.17, 15) is 4.79 Å². The monoisotopic (exact) mass is 278 g/mol. The van der Waals surface area contributed by atoms with E-state index in [0.29, 0.717) is 17.3 Å². The molecular formula is C14H15ClN2O2. The predicted molar refractivity (Wildman–Crippen MR) is 73.8 cm³/mol. The van der Waals surface area contributed by atoms with Gasteiger partial charge in [-0.05, 0) is 24.6 Å². The summed E-state index contributed by atoms with van der Waals surface area (Å²) in [6, 6.07) is 7.72. The Morgan fingerprint density at radius 1 is 1.47 bits per heavy atom. The fraction of sp³-hybridized carbons (Fsp3) is 0.286. The number of carbonyl (C=O) groups is 1. The van der Waals surface area contributed by atoms with E-state index >= 15 is 0 Å². The van der Waals surface area contributed by atoms with E-state index in [0.717, 1.165) is 11.3 Å². The molecule has 2 aromatic rings. The summed E-state index contributed by atoms with van der Waals surface area (Å²) in [5.74, 6) is 0.696. The van der Waals surface area contributed by atoms with Crippen LogP contribution in [-0.2, 0) is 7.05 Å². The predicted octanol–water partition coefficient (Wildman–Crippen LogP) is 3.03. The standard InChI is InChI=1S/C14H15ClN2O2/c1-10-4-3-5-11(8-10)19-7-6-13(18)14-12(15)9-16-17(14)2/h3-5,8-9H,6-7H2,1-2H3. The van der Waals surface area contributed by atoms with Gasteiger partial charge in [-0.2, -0.15) is 5.10 Å². The summed E-state index contributed by atoms with van der Waals surface area (Å²) in [6.07, 6.45) is 1.74. The third-order valence-electron chi connectivity index (χ3n) is 2.75. The molecule has 5 heteroatoms. The maximum Gasteiger partial charge on any atom is 0.185 e. The van der Waals surface area contributed by atoms with Crippen LogP contribution in [0.2, 0.25) is 5.02 Å². The summed E-state index contributed by atoms with van der Waals surface area (Å²) >= 11 is 5.91. The molecular weight excluding hydrogens is 264 g/mol. The lowest BCUT2D eigenvalue weighted by Crippen LogP contribution is -2.11. The lowest BCUT2D eigenvalue weighted by Gasteiger charge is -2.06. The van der Waals surface area contributed by atoms with Crippen LogP contribution >= 0.6 is 11.6 Å². The quantitative estimate of drug-likeness (QED) is 0.790. The second-order valence-corrected chi connectivity index (χ2v) is 4.71. The summed E-state index contributed by atoms with van der Waals surface area (Å²) in [4.78, 5) is 12.0. The molecule has 100 valence electrons. The summed E-state index contributed by atoms with van der Waals surface area (Å²) in [6.45, 7) is 2.32. The first-order valence-corrected chi connectivity index (χ1v) is 6.36. The number of hydrogen-bond donors (Lipinski definition) is 0. The molecule has 19 heavy (non-hydrogen) atoms. The summed E-state index contributed by atoms with van der Waals surface area (Å²) < 4.78 is 7.03. The first-order chi connectivity index (χ1) is 9.08. The third kappa shape index (κ3) is 3.35. The summed E-state index contributed by atoms with van der Waals surface area (Å²) in [5, 5.41) is 4.32. The van der Waals surface area contributed by atoms with Crippen molar-refractivity contribution in [1.29, 1.82) is 0 Å². The highest BCUT2D eigenvalue weighted by atomic mass is 35.5. The van der Waals surface area contributed by atoms with Crippen molar-refractivity contribution in [1.82, 2.24) is 9.78 Å². The van der Waals surface area contributed by atoms with E-state index in [1.54, 1.807) is 7.05 Å². The van der Waals surface area contributed by atoms with E-state index < -0.39 is 0 Å². The molecule has 0 unspecified atom stereocenters. The number of ether oxygens (including phenoxy) is 1. The second-order valence-electron chi connectivity index (χ2n) is 4.30. The van der Waals surface area contributed by atoms with Crippen LogP contribution in [0.1, 0.15) is 22.5 Å². The van der Waals surface area contributed by atoms with Gasteiger partial charge in [0.05, 0.1) is 17.8 Å². The minimum atomic E-state index is -0.0716. The Morgan fingerprint density at radius 2 is 2.26 bits per heavy atom. The van der Waals surface area contributed by atoms with Crippen molar-refractivity contribution >= 4 is 17.4 Å². The number of nitrogens with zero attached hydrogens (tertiary/aromatic N) is 2. The molecule has 0 radical (unpaired) electrons. The third-order valence-corrected chi connectivity index (χ3v) is 3.02. The van der Waals surface area contributed by atoms with Gasteiger partial charge in [0.1, 0.15) is 11.4 Å². The van der Waals surface area contributed by atoms with Gasteiger partial charge in [0, 0.05) is 13.5 Å². The molecule has 1 aromatic heterocycles. The van der Waals surface area contributed by atoms with Gasteiger partial charge in [0.2, 0.25) is 0 Å². The number of benzene rings is 1. The number of halogens is 1. The molecule has 4 nitrogen and oxygen atoms in total. The number of aryl methyl sites for hydroxylation is 2. The molecule has 0 fully saturated rings. The van der Waals surface area contributed by atoms with Gasteiger partial charge < -0.3 is 4.74 Å². The molecule has 0 aliphatic carbocycles. The maximum atomic E-state index is 12.0. The van der Waals surface area contributed by atoms with E-state index in [1.807, 2.05) is 31.2 Å². The molecule has 0 aliphatic heterocycles. The Bertz CT molecular complexity index is 573. The SMILES string of the molecule is Cc1cccc(OCCC(=O)c2c(Cl)cnn2C)c1. The van der Waals surface area contributed by atoms with Crippen molar-refractivity contribution in [2.75, 3.05) is 6.61 Å². The molecule has 0 saturated carbocycles. The fourth-order valence-corrected chi connectivity index (χ4v) is 2.08. The minimum absolute atomic E-state index is 0.0716. The van der Waals surface area contributed by atoms with Crippen molar-refractivity contribution in [3.8, 4) is 5.75 Å². The molecule has 0 saturated heterocycles. The van der Waals surface area contributed by atoms with Crippen molar-refractivity contribution in [3.63, 3.8) is 0 Å². The van der Waals surface area contributed by atoms with Crippen LogP contribution in [0.15, 0.2) is 30.5 Å². The molecule has 0 bridgehead atoms. The van der Waals surface area contributed by atoms with Crippen LogP contribution in [0.25, 0.3) is 0 Å². The molecule has 0 spiro atoms. The number of carbonyl (C=O) groups excluding carboxylic acids is 1. The van der Waals surface area contributed by atoms with Crippen LogP contribution in [0, 0.1) is 6.92 Å². The topological polar surface area (TPSA) is 44.1 Å². The zero-order chi connectivity index (χ0) is 13.8. The van der Waals surface area contributed by atoms with Crippen LogP contribution in [0.5, 0.6) is 5.75 Å². The second kappa shape index (κ2) is 5.89. The van der Waals surface area contributed by atoms with E-state index in [-0.39, 0.29) is 12.2 Å². The van der Waals surface area contributed by atoms with Gasteiger partial charge in [0.25, 0.3) is 0 Å². The Hall–Kier alpha value is -1.81. The molecule has 0 amide bonds. The molecule has 1 aromatic carbocycles. The lowest BCUT2D eigenvalue weighted by atomic mass is 10.2. The normalized spacial score (nSPS) is 10.5. The molecule has 2 rings (SSSR count). The Balaban J connectivity index is 1.91. The lowest BCUT2D eigenvalue weighted by molar-refractivity contribution is 0.0953. The molecule has 1 heterocycles. The molecule has 0 atom stereocenters. The van der Waals surface area contributed by atoms with Crippen molar-refractivity contribution < 1.29 is 9.53 Å². The number of rotatable bonds is 5. The molecule has 0 N–H and O–H groups in total. The highest BCUT2D eigenvalue weighted by Crippen LogP contribution is 2.17. The van der Waals surface area contributed by atoms with Crippen molar-refractivity contribution in [3.05, 3.63) is 46.7 Å². The van der Waals surface area contributed by atoms with Gasteiger partial charge in [-0.25, -0.2) is 0 Å². The average molecular weight is 279 g/mol. The minimum Gasteiger partial charge on any atom is -0.493 e. The first-order valence-electron chi connectivity index (χ1n) is 5.98. The zero-order valence-electron chi connectivity index (χ0n) is 10.9. The Morgan fingerprint density at radius 3 is 2.89 bits per heavy atom. The van der Waals surface area contributed by atoms with Crippen LogP contribution in [0.4, 0.5) is 0 Å². The van der Waals surface area contributed by atoms with E-state index in [4.69, 9.17) is 16.3 Å². The Kier molecular flexibility index (Phi) is 4.22. The average Bonchev–Trinajstić information content (AvgIpc) is 2.69. The van der Waals surface area contributed by atoms with Gasteiger partial charge in [0.15, 0.2) is 5.78 Å². The van der Waals surface area contributed by atoms with Crippen LogP contribution in [-0.4, -0.2) is 22.2 Å². The Labute approximate surface area is 116 Å². The highest BCUT2D eigenvalue weighted by Gasteiger charge is 2.15. The number of hydrogen-bond acceptors (Lipinski definition) is 3. The van der Waals surface area contributed by atoms with E-state index in [2.05, 4.69) is 5.10 Å². The van der Waals surface area contributed by atoms with E-state index in [1.165, 1.54) is 10.9 Å². The van der Waals surface area contributed by atoms with Gasteiger partial charge in [-0.3, -0.25) is 9.48 Å². The van der Waals surface area contributed by atoms with Crippen molar-refractivity contribution in [2.45, 2.75) is 13.3 Å². The fourth-order valence-electron chi connectivity index (χ4n) is 1.81. The smallest absolute Gasteiger partial charge is 0.185 e. The number of Topliss-reactive ketones (excluding diaryl/α,β-unsaturated/α-hetero) is 1. The zero-order valence-corrected chi connectivity index (χ0v) is 11.6. The van der Waals surface area contributed by atoms with Gasteiger partial charge in [-0.1, -0.05) is 23.7 Å². The van der Waals surface area contributed by atoms with Gasteiger partial charge in [-0.15, -0.1) is 0 Å². The highest BCUT2D eigenvalue weighted by molar-refractivity contribution is 6.33. The number of ketones is 1. The largest absolute Gasteiger partial charge is 0.493 e. The summed E-state index contributed by atoms with van der Waals surface area (Å²) in [7, 11) is 1.69. The number of aromatic nitrogens is 2. The van der Waals surface area contributed by atoms with Gasteiger partial charge >= 0.3 is 0 Å². The van der Waals surface area contributed by atoms with Crippen LogP contribution < -0.4 is 4.74 Å². The van der Waals surface area contributed by atoms with Crippen molar-refractivity contribution in [2.24, 2.45) is 7.05 Å². The maximum absolute atomic E-state index is 12.0.